The topological polar surface area (TPSA) is 56.0 Å². The maximum atomic E-state index is 12.6. The SMILES string of the molecule is CCn1c(=O)n(CCC(=O)NCc2ccccc2C)c2ccccc21. The van der Waals surface area contributed by atoms with Crippen molar-refractivity contribution in [1.82, 2.24) is 14.5 Å². The van der Waals surface area contributed by atoms with Gasteiger partial charge in [-0.2, -0.15) is 0 Å². The zero-order valence-corrected chi connectivity index (χ0v) is 14.7. The predicted octanol–water partition coefficient (Wildman–Crippen LogP) is 2.84. The fourth-order valence-corrected chi connectivity index (χ4v) is 3.10. The van der Waals surface area contributed by atoms with Gasteiger partial charge in [0.2, 0.25) is 5.91 Å². The lowest BCUT2D eigenvalue weighted by atomic mass is 10.1. The van der Waals surface area contributed by atoms with Crippen molar-refractivity contribution >= 4 is 16.9 Å². The van der Waals surface area contributed by atoms with Gasteiger partial charge in [0.1, 0.15) is 0 Å². The van der Waals surface area contributed by atoms with Crippen LogP contribution in [0.15, 0.2) is 53.3 Å². The van der Waals surface area contributed by atoms with Crippen LogP contribution in [0.1, 0.15) is 24.5 Å². The van der Waals surface area contributed by atoms with E-state index < -0.39 is 0 Å². The van der Waals surface area contributed by atoms with Crippen LogP contribution < -0.4 is 11.0 Å². The molecule has 1 amide bonds. The summed E-state index contributed by atoms with van der Waals surface area (Å²) in [7, 11) is 0. The number of hydrogen-bond acceptors (Lipinski definition) is 2. The van der Waals surface area contributed by atoms with Gasteiger partial charge in [-0.05, 0) is 37.1 Å². The number of para-hydroxylation sites is 2. The molecule has 0 fully saturated rings. The fourth-order valence-electron chi connectivity index (χ4n) is 3.10. The molecular weight excluding hydrogens is 314 g/mol. The second kappa shape index (κ2) is 7.38. The lowest BCUT2D eigenvalue weighted by Crippen LogP contribution is -2.28. The van der Waals surface area contributed by atoms with Gasteiger partial charge in [0, 0.05) is 26.1 Å². The number of hydrogen-bond donors (Lipinski definition) is 1. The van der Waals surface area contributed by atoms with Crippen molar-refractivity contribution in [2.45, 2.75) is 39.9 Å². The van der Waals surface area contributed by atoms with Crippen LogP contribution in [0.3, 0.4) is 0 Å². The van der Waals surface area contributed by atoms with E-state index in [2.05, 4.69) is 5.32 Å². The van der Waals surface area contributed by atoms with Gasteiger partial charge in [-0.25, -0.2) is 4.79 Å². The Morgan fingerprint density at radius 1 is 1.00 bits per heavy atom. The number of rotatable bonds is 6. The predicted molar refractivity (Wildman–Crippen MR) is 99.5 cm³/mol. The Morgan fingerprint density at radius 3 is 2.32 bits per heavy atom. The maximum Gasteiger partial charge on any atom is 0.329 e. The molecule has 2 aromatic carbocycles. The lowest BCUT2D eigenvalue weighted by Gasteiger charge is -2.08. The van der Waals surface area contributed by atoms with Crippen LogP contribution in [-0.2, 0) is 24.4 Å². The van der Waals surface area contributed by atoms with E-state index in [1.165, 1.54) is 0 Å². The average molecular weight is 337 g/mol. The van der Waals surface area contributed by atoms with E-state index in [1.807, 2.05) is 62.4 Å². The molecule has 0 saturated heterocycles. The molecule has 3 rings (SSSR count). The molecule has 0 saturated carbocycles. The minimum atomic E-state index is -0.0598. The number of carbonyl (C=O) groups excluding carboxylic acids is 1. The van der Waals surface area contributed by atoms with Crippen molar-refractivity contribution in [1.29, 1.82) is 0 Å². The van der Waals surface area contributed by atoms with Gasteiger partial charge in [0.15, 0.2) is 0 Å². The normalized spacial score (nSPS) is 11.0. The summed E-state index contributed by atoms with van der Waals surface area (Å²) in [5, 5.41) is 2.94. The van der Waals surface area contributed by atoms with Gasteiger partial charge in [-0.1, -0.05) is 36.4 Å². The summed E-state index contributed by atoms with van der Waals surface area (Å²) >= 11 is 0. The van der Waals surface area contributed by atoms with Gasteiger partial charge in [-0.15, -0.1) is 0 Å². The highest BCUT2D eigenvalue weighted by Gasteiger charge is 2.12. The number of nitrogens with zero attached hydrogens (tertiary/aromatic N) is 2. The number of benzene rings is 2. The van der Waals surface area contributed by atoms with Crippen molar-refractivity contribution < 1.29 is 4.79 Å². The molecule has 1 heterocycles. The molecule has 5 heteroatoms. The van der Waals surface area contributed by atoms with Crippen LogP contribution in [0.25, 0.3) is 11.0 Å². The van der Waals surface area contributed by atoms with Crippen LogP contribution in [0.2, 0.25) is 0 Å². The Hall–Kier alpha value is -2.82. The van der Waals surface area contributed by atoms with Crippen molar-refractivity contribution in [3.05, 3.63) is 70.1 Å². The molecule has 0 bridgehead atoms. The van der Waals surface area contributed by atoms with Crippen LogP contribution in [0, 0.1) is 6.92 Å². The minimum absolute atomic E-state index is 0.0523. The maximum absolute atomic E-state index is 12.6. The summed E-state index contributed by atoms with van der Waals surface area (Å²) in [6, 6.07) is 15.7. The highest BCUT2D eigenvalue weighted by molar-refractivity contribution is 5.78. The van der Waals surface area contributed by atoms with Gasteiger partial charge >= 0.3 is 5.69 Å². The molecule has 1 aromatic heterocycles. The molecule has 0 aliphatic heterocycles. The first kappa shape index (κ1) is 17.0. The highest BCUT2D eigenvalue weighted by atomic mass is 16.2. The molecule has 0 unspecified atom stereocenters. The second-order valence-corrected chi connectivity index (χ2v) is 6.12. The van der Waals surface area contributed by atoms with Gasteiger partial charge in [-0.3, -0.25) is 13.9 Å². The zero-order valence-electron chi connectivity index (χ0n) is 14.7. The number of carbonyl (C=O) groups is 1. The quantitative estimate of drug-likeness (QED) is 0.752. The first-order valence-electron chi connectivity index (χ1n) is 8.61. The monoisotopic (exact) mass is 337 g/mol. The smallest absolute Gasteiger partial charge is 0.329 e. The van der Waals surface area contributed by atoms with E-state index in [9.17, 15) is 9.59 Å². The number of fused-ring (bicyclic) bond motifs is 1. The van der Waals surface area contributed by atoms with E-state index in [4.69, 9.17) is 0 Å². The lowest BCUT2D eigenvalue weighted by molar-refractivity contribution is -0.121. The number of aromatic nitrogens is 2. The molecular formula is C20H23N3O2. The second-order valence-electron chi connectivity index (χ2n) is 6.12. The third-order valence-corrected chi connectivity index (χ3v) is 4.54. The Kier molecular flexibility index (Phi) is 5.03. The molecule has 0 aliphatic rings. The van der Waals surface area contributed by atoms with Crippen molar-refractivity contribution in [2.24, 2.45) is 0 Å². The average Bonchev–Trinajstić information content (AvgIpc) is 2.90. The molecule has 0 spiro atoms. The summed E-state index contributed by atoms with van der Waals surface area (Å²) in [4.78, 5) is 24.7. The third-order valence-electron chi connectivity index (χ3n) is 4.54. The third kappa shape index (κ3) is 3.50. The molecule has 0 radical (unpaired) electrons. The summed E-state index contributed by atoms with van der Waals surface area (Å²) in [6.45, 7) is 5.49. The summed E-state index contributed by atoms with van der Waals surface area (Å²) in [5.74, 6) is -0.0523. The Morgan fingerprint density at radius 2 is 1.64 bits per heavy atom. The minimum Gasteiger partial charge on any atom is -0.352 e. The highest BCUT2D eigenvalue weighted by Crippen LogP contribution is 2.13. The zero-order chi connectivity index (χ0) is 17.8. The van der Waals surface area contributed by atoms with E-state index in [1.54, 1.807) is 9.13 Å². The molecule has 3 aromatic rings. The van der Waals surface area contributed by atoms with Crippen molar-refractivity contribution in [2.75, 3.05) is 0 Å². The molecule has 0 aliphatic carbocycles. The van der Waals surface area contributed by atoms with E-state index >= 15 is 0 Å². The Labute approximate surface area is 146 Å². The molecule has 130 valence electrons. The van der Waals surface area contributed by atoms with Gasteiger partial charge in [0.05, 0.1) is 11.0 Å². The van der Waals surface area contributed by atoms with E-state index in [0.717, 1.165) is 22.2 Å². The fraction of sp³-hybridized carbons (Fsp3) is 0.300. The van der Waals surface area contributed by atoms with Crippen LogP contribution in [0.5, 0.6) is 0 Å². The first-order valence-corrected chi connectivity index (χ1v) is 8.61. The molecule has 0 atom stereocenters. The molecule has 5 nitrogen and oxygen atoms in total. The van der Waals surface area contributed by atoms with Crippen LogP contribution in [-0.4, -0.2) is 15.0 Å². The first-order chi connectivity index (χ1) is 12.1. The van der Waals surface area contributed by atoms with Crippen molar-refractivity contribution in [3.8, 4) is 0 Å². The van der Waals surface area contributed by atoms with Gasteiger partial charge in [0.25, 0.3) is 0 Å². The van der Waals surface area contributed by atoms with Crippen molar-refractivity contribution in [3.63, 3.8) is 0 Å². The summed E-state index contributed by atoms with van der Waals surface area (Å²) < 4.78 is 3.42. The number of amides is 1. The van der Waals surface area contributed by atoms with Crippen LogP contribution >= 0.6 is 0 Å². The standard InChI is InChI=1S/C20H23N3O2/c1-3-22-17-10-6-7-11-18(17)23(20(22)25)13-12-19(24)21-14-16-9-5-4-8-15(16)2/h4-11H,3,12-14H2,1-2H3,(H,21,24). The summed E-state index contributed by atoms with van der Waals surface area (Å²) in [5.41, 5.74) is 3.99. The van der Waals surface area contributed by atoms with E-state index in [-0.39, 0.29) is 18.0 Å². The summed E-state index contributed by atoms with van der Waals surface area (Å²) in [6.07, 6.45) is 0.281. The number of imidazole rings is 1. The Bertz CT molecular complexity index is 953. The Balaban J connectivity index is 1.69. The molecule has 1 N–H and O–H groups in total. The number of aryl methyl sites for hydroxylation is 3. The number of nitrogens with one attached hydrogen (secondary N) is 1. The molecule has 25 heavy (non-hydrogen) atoms. The van der Waals surface area contributed by atoms with Crippen LogP contribution in [0.4, 0.5) is 0 Å². The van der Waals surface area contributed by atoms with Gasteiger partial charge < -0.3 is 5.32 Å². The largest absolute Gasteiger partial charge is 0.352 e. The van der Waals surface area contributed by atoms with E-state index in [0.29, 0.717) is 19.6 Å².